The molecular weight excluding hydrogens is 240 g/mol. The molecule has 0 amide bonds. The van der Waals surface area contributed by atoms with Crippen LogP contribution in [0.4, 0.5) is 0 Å². The molecule has 0 aromatic carbocycles. The summed E-state index contributed by atoms with van der Waals surface area (Å²) in [5.41, 5.74) is 2.13. The zero-order chi connectivity index (χ0) is 13.7. The summed E-state index contributed by atoms with van der Waals surface area (Å²) in [4.78, 5) is 4.19. The normalized spacial score (nSPS) is 11.4. The molecule has 2 heterocycles. The predicted octanol–water partition coefficient (Wildman–Crippen LogP) is 1.43. The summed E-state index contributed by atoms with van der Waals surface area (Å²) in [6.07, 6.45) is 6.85. The lowest BCUT2D eigenvalue weighted by Gasteiger charge is -2.06. The SMILES string of the molecule is CCCn1cncc1Cn1cc(CNC(C)C)nn1. The summed E-state index contributed by atoms with van der Waals surface area (Å²) in [6, 6.07) is 0.455. The van der Waals surface area contributed by atoms with E-state index in [4.69, 9.17) is 0 Å². The van der Waals surface area contributed by atoms with Crippen LogP contribution >= 0.6 is 0 Å². The van der Waals surface area contributed by atoms with Crippen LogP contribution in [0.15, 0.2) is 18.7 Å². The van der Waals surface area contributed by atoms with Crippen LogP contribution in [0.3, 0.4) is 0 Å². The van der Waals surface area contributed by atoms with Crippen molar-refractivity contribution in [3.8, 4) is 0 Å². The molecule has 104 valence electrons. The average Bonchev–Trinajstić information content (AvgIpc) is 2.98. The molecule has 19 heavy (non-hydrogen) atoms. The minimum atomic E-state index is 0.455. The maximum Gasteiger partial charge on any atom is 0.0965 e. The molecule has 2 rings (SSSR count). The van der Waals surface area contributed by atoms with Gasteiger partial charge in [0.2, 0.25) is 0 Å². The third-order valence-electron chi connectivity index (χ3n) is 2.86. The third kappa shape index (κ3) is 3.89. The molecule has 0 aliphatic rings. The molecule has 0 spiro atoms. The highest BCUT2D eigenvalue weighted by Crippen LogP contribution is 2.04. The number of hydrogen-bond donors (Lipinski definition) is 1. The van der Waals surface area contributed by atoms with Crippen LogP contribution in [0, 0.1) is 0 Å². The quantitative estimate of drug-likeness (QED) is 0.820. The van der Waals surface area contributed by atoms with Gasteiger partial charge < -0.3 is 9.88 Å². The molecule has 1 N–H and O–H groups in total. The monoisotopic (exact) mass is 262 g/mol. The smallest absolute Gasteiger partial charge is 0.0965 e. The van der Waals surface area contributed by atoms with E-state index >= 15 is 0 Å². The molecule has 2 aromatic rings. The van der Waals surface area contributed by atoms with Gasteiger partial charge in [0, 0.05) is 19.1 Å². The van der Waals surface area contributed by atoms with Crippen LogP contribution < -0.4 is 5.32 Å². The maximum atomic E-state index is 4.19. The lowest BCUT2D eigenvalue weighted by atomic mass is 10.3. The first kappa shape index (κ1) is 13.7. The van der Waals surface area contributed by atoms with Crippen LogP contribution in [0.1, 0.15) is 38.6 Å². The van der Waals surface area contributed by atoms with Crippen molar-refractivity contribution in [1.82, 2.24) is 29.9 Å². The van der Waals surface area contributed by atoms with Gasteiger partial charge in [0.05, 0.1) is 36.7 Å². The van der Waals surface area contributed by atoms with Crippen molar-refractivity contribution in [2.24, 2.45) is 0 Å². The zero-order valence-electron chi connectivity index (χ0n) is 11.9. The molecule has 2 aromatic heterocycles. The lowest BCUT2D eigenvalue weighted by Crippen LogP contribution is -2.21. The summed E-state index contributed by atoms with van der Waals surface area (Å²) >= 11 is 0. The molecule has 6 nitrogen and oxygen atoms in total. The van der Waals surface area contributed by atoms with E-state index < -0.39 is 0 Å². The fraction of sp³-hybridized carbons (Fsp3) is 0.615. The second-order valence-electron chi connectivity index (χ2n) is 5.02. The van der Waals surface area contributed by atoms with E-state index in [0.29, 0.717) is 12.6 Å². The van der Waals surface area contributed by atoms with Crippen molar-refractivity contribution in [1.29, 1.82) is 0 Å². The highest BCUT2D eigenvalue weighted by atomic mass is 15.4. The van der Waals surface area contributed by atoms with Gasteiger partial charge in [0.1, 0.15) is 0 Å². The Morgan fingerprint density at radius 1 is 1.37 bits per heavy atom. The number of hydrogen-bond acceptors (Lipinski definition) is 4. The standard InChI is InChI=1S/C13H22N6/c1-4-5-18-10-14-7-13(18)9-19-8-12(16-17-19)6-15-11(2)3/h7-8,10-11,15H,4-6,9H2,1-3H3. The predicted molar refractivity (Wildman–Crippen MR) is 73.6 cm³/mol. The molecule has 0 saturated carbocycles. The van der Waals surface area contributed by atoms with Gasteiger partial charge in [-0.2, -0.15) is 0 Å². The zero-order valence-corrected chi connectivity index (χ0v) is 11.9. The first-order valence-corrected chi connectivity index (χ1v) is 6.80. The summed E-state index contributed by atoms with van der Waals surface area (Å²) in [7, 11) is 0. The highest BCUT2D eigenvalue weighted by molar-refractivity contribution is 5.00. The Kier molecular flexibility index (Phi) is 4.68. The van der Waals surface area contributed by atoms with Gasteiger partial charge in [-0.3, -0.25) is 0 Å². The minimum absolute atomic E-state index is 0.455. The Bertz CT molecular complexity index is 499. The van der Waals surface area contributed by atoms with Gasteiger partial charge in [0.25, 0.3) is 0 Å². The Hall–Kier alpha value is -1.69. The highest BCUT2D eigenvalue weighted by Gasteiger charge is 2.05. The number of aromatic nitrogens is 5. The van der Waals surface area contributed by atoms with Crippen molar-refractivity contribution < 1.29 is 0 Å². The van der Waals surface area contributed by atoms with E-state index in [0.717, 1.165) is 30.9 Å². The van der Waals surface area contributed by atoms with Crippen LogP contribution in [-0.2, 0) is 19.6 Å². The van der Waals surface area contributed by atoms with Gasteiger partial charge >= 0.3 is 0 Å². The fourth-order valence-electron chi connectivity index (χ4n) is 1.89. The first-order valence-electron chi connectivity index (χ1n) is 6.80. The summed E-state index contributed by atoms with van der Waals surface area (Å²) in [5, 5.41) is 11.7. The number of nitrogens with zero attached hydrogens (tertiary/aromatic N) is 5. The Morgan fingerprint density at radius 3 is 2.95 bits per heavy atom. The molecule has 0 aliphatic carbocycles. The fourth-order valence-corrected chi connectivity index (χ4v) is 1.89. The van der Waals surface area contributed by atoms with E-state index in [1.165, 1.54) is 0 Å². The van der Waals surface area contributed by atoms with E-state index in [1.54, 1.807) is 0 Å². The van der Waals surface area contributed by atoms with Crippen molar-refractivity contribution in [2.45, 2.75) is 52.9 Å². The van der Waals surface area contributed by atoms with Crippen LogP contribution in [-0.4, -0.2) is 30.6 Å². The second-order valence-corrected chi connectivity index (χ2v) is 5.02. The summed E-state index contributed by atoms with van der Waals surface area (Å²) < 4.78 is 4.02. The van der Waals surface area contributed by atoms with Crippen LogP contribution in [0.5, 0.6) is 0 Å². The number of aryl methyl sites for hydroxylation is 1. The largest absolute Gasteiger partial charge is 0.333 e. The van der Waals surface area contributed by atoms with Crippen molar-refractivity contribution in [3.05, 3.63) is 30.1 Å². The van der Waals surface area contributed by atoms with E-state index in [-0.39, 0.29) is 0 Å². The van der Waals surface area contributed by atoms with Gasteiger partial charge in [0.15, 0.2) is 0 Å². The molecule has 0 atom stereocenters. The molecule has 0 unspecified atom stereocenters. The van der Waals surface area contributed by atoms with E-state index in [9.17, 15) is 0 Å². The topological polar surface area (TPSA) is 60.6 Å². The maximum absolute atomic E-state index is 4.19. The molecular formula is C13H22N6. The van der Waals surface area contributed by atoms with Gasteiger partial charge in [-0.25, -0.2) is 9.67 Å². The molecule has 0 aliphatic heterocycles. The minimum Gasteiger partial charge on any atom is -0.333 e. The van der Waals surface area contributed by atoms with Crippen molar-refractivity contribution in [3.63, 3.8) is 0 Å². The molecule has 0 fully saturated rings. The summed E-state index contributed by atoms with van der Waals surface area (Å²) in [6.45, 7) is 8.86. The van der Waals surface area contributed by atoms with Crippen LogP contribution in [0.2, 0.25) is 0 Å². The lowest BCUT2D eigenvalue weighted by molar-refractivity contribution is 0.578. The number of rotatable bonds is 7. The number of imidazole rings is 1. The van der Waals surface area contributed by atoms with Gasteiger partial charge in [-0.15, -0.1) is 5.10 Å². The van der Waals surface area contributed by atoms with Crippen molar-refractivity contribution in [2.75, 3.05) is 0 Å². The molecule has 6 heteroatoms. The van der Waals surface area contributed by atoms with E-state index in [1.807, 2.05) is 23.4 Å². The first-order chi connectivity index (χ1) is 9.19. The Labute approximate surface area is 113 Å². The second kappa shape index (κ2) is 6.47. The van der Waals surface area contributed by atoms with Crippen molar-refractivity contribution >= 4 is 0 Å². The summed E-state index contributed by atoms with van der Waals surface area (Å²) in [5.74, 6) is 0. The Morgan fingerprint density at radius 2 is 2.21 bits per heavy atom. The average molecular weight is 262 g/mol. The molecule has 0 bridgehead atoms. The van der Waals surface area contributed by atoms with E-state index in [2.05, 4.69) is 46.0 Å². The molecule has 0 radical (unpaired) electrons. The number of nitrogens with one attached hydrogen (secondary N) is 1. The Balaban J connectivity index is 1.97. The third-order valence-corrected chi connectivity index (χ3v) is 2.86. The molecule has 0 saturated heterocycles. The van der Waals surface area contributed by atoms with Gasteiger partial charge in [-0.05, 0) is 6.42 Å². The van der Waals surface area contributed by atoms with Crippen LogP contribution in [0.25, 0.3) is 0 Å². The van der Waals surface area contributed by atoms with Gasteiger partial charge in [-0.1, -0.05) is 26.0 Å².